The van der Waals surface area contributed by atoms with Gasteiger partial charge in [-0.05, 0) is 12.8 Å². The lowest BCUT2D eigenvalue weighted by molar-refractivity contribution is 0.177. The number of nitrogens with zero attached hydrogens (tertiary/aromatic N) is 3. The van der Waals surface area contributed by atoms with Crippen molar-refractivity contribution in [2.24, 2.45) is 0 Å². The number of urea groups is 1. The molecule has 23 heavy (non-hydrogen) atoms. The second-order valence-electron chi connectivity index (χ2n) is 6.17. The zero-order chi connectivity index (χ0) is 16.1. The van der Waals surface area contributed by atoms with E-state index in [0.717, 1.165) is 19.3 Å². The number of methoxy groups -OCH3 is 1. The third-order valence-corrected chi connectivity index (χ3v) is 4.48. The van der Waals surface area contributed by atoms with Crippen LogP contribution < -0.4 is 14.8 Å². The monoisotopic (exact) mass is 320 g/mol. The number of rotatable bonds is 4. The fourth-order valence-electron chi connectivity index (χ4n) is 3.17. The molecular weight excluding hydrogens is 296 g/mol. The van der Waals surface area contributed by atoms with Gasteiger partial charge >= 0.3 is 6.03 Å². The number of hydrogen-bond donors (Lipinski definition) is 1. The van der Waals surface area contributed by atoms with E-state index in [1.165, 1.54) is 19.3 Å². The van der Waals surface area contributed by atoms with Gasteiger partial charge in [-0.1, -0.05) is 19.3 Å². The minimum atomic E-state index is -0.0326. The van der Waals surface area contributed by atoms with E-state index < -0.39 is 0 Å². The van der Waals surface area contributed by atoms with Crippen molar-refractivity contribution >= 4 is 6.03 Å². The lowest BCUT2D eigenvalue weighted by Gasteiger charge is -2.26. The maximum absolute atomic E-state index is 12.3. The minimum Gasteiger partial charge on any atom is -0.480 e. The maximum Gasteiger partial charge on any atom is 0.317 e. The molecule has 0 aromatic carbocycles. The van der Waals surface area contributed by atoms with Crippen molar-refractivity contribution in [1.29, 1.82) is 0 Å². The molecule has 126 valence electrons. The van der Waals surface area contributed by atoms with E-state index in [2.05, 4.69) is 15.5 Å². The van der Waals surface area contributed by atoms with E-state index in [1.807, 2.05) is 4.90 Å². The fourth-order valence-corrected chi connectivity index (χ4v) is 3.17. The van der Waals surface area contributed by atoms with Crippen LogP contribution in [0.1, 0.15) is 38.5 Å². The second kappa shape index (κ2) is 7.48. The molecule has 7 heteroatoms. The van der Waals surface area contributed by atoms with Gasteiger partial charge in [-0.2, -0.15) is 0 Å². The fraction of sp³-hybridized carbons (Fsp3) is 0.688. The molecule has 2 heterocycles. The van der Waals surface area contributed by atoms with Crippen LogP contribution in [-0.4, -0.2) is 53.5 Å². The molecular formula is C16H24N4O3. The third kappa shape index (κ3) is 4.24. The molecule has 1 aliphatic heterocycles. The lowest BCUT2D eigenvalue weighted by atomic mass is 9.96. The first-order chi connectivity index (χ1) is 11.2. The molecule has 1 saturated carbocycles. The number of carbonyl (C=O) groups excluding carboxylic acids is 1. The Labute approximate surface area is 136 Å². The van der Waals surface area contributed by atoms with Gasteiger partial charge in [-0.25, -0.2) is 4.79 Å². The molecule has 1 saturated heterocycles. The first-order valence-corrected chi connectivity index (χ1v) is 8.34. The SMILES string of the molecule is COc1ccc(OC2CCN(C(=O)NC3CCCCC3)C2)nn1. The Morgan fingerprint density at radius 3 is 2.61 bits per heavy atom. The summed E-state index contributed by atoms with van der Waals surface area (Å²) < 4.78 is 10.8. The highest BCUT2D eigenvalue weighted by Crippen LogP contribution is 2.20. The van der Waals surface area contributed by atoms with E-state index in [4.69, 9.17) is 9.47 Å². The zero-order valence-electron chi connectivity index (χ0n) is 13.5. The Kier molecular flexibility index (Phi) is 5.15. The van der Waals surface area contributed by atoms with Crippen LogP contribution >= 0.6 is 0 Å². The van der Waals surface area contributed by atoms with Gasteiger partial charge in [0, 0.05) is 31.1 Å². The van der Waals surface area contributed by atoms with E-state index in [0.29, 0.717) is 30.9 Å². The summed E-state index contributed by atoms with van der Waals surface area (Å²) in [6.45, 7) is 1.30. The van der Waals surface area contributed by atoms with Crippen LogP contribution in [-0.2, 0) is 0 Å². The number of hydrogen-bond acceptors (Lipinski definition) is 5. The summed E-state index contributed by atoms with van der Waals surface area (Å²) >= 11 is 0. The van der Waals surface area contributed by atoms with Crippen molar-refractivity contribution in [3.63, 3.8) is 0 Å². The van der Waals surface area contributed by atoms with Crippen molar-refractivity contribution in [3.8, 4) is 11.8 Å². The van der Waals surface area contributed by atoms with Crippen LogP contribution in [0.3, 0.4) is 0 Å². The van der Waals surface area contributed by atoms with Gasteiger partial charge in [0.2, 0.25) is 11.8 Å². The smallest absolute Gasteiger partial charge is 0.317 e. The quantitative estimate of drug-likeness (QED) is 0.918. The predicted octanol–water partition coefficient (Wildman–Crippen LogP) is 1.98. The topological polar surface area (TPSA) is 76.6 Å². The van der Waals surface area contributed by atoms with Gasteiger partial charge in [-0.3, -0.25) is 0 Å². The van der Waals surface area contributed by atoms with E-state index in [1.54, 1.807) is 19.2 Å². The molecule has 1 N–H and O–H groups in total. The predicted molar refractivity (Wildman–Crippen MR) is 84.6 cm³/mol. The van der Waals surface area contributed by atoms with Crippen LogP contribution in [0.5, 0.6) is 11.8 Å². The molecule has 2 fully saturated rings. The molecule has 0 bridgehead atoms. The molecule has 1 aromatic heterocycles. The number of nitrogens with one attached hydrogen (secondary N) is 1. The van der Waals surface area contributed by atoms with Crippen LogP contribution in [0.25, 0.3) is 0 Å². The van der Waals surface area contributed by atoms with E-state index >= 15 is 0 Å². The molecule has 1 unspecified atom stereocenters. The number of likely N-dealkylation sites (tertiary alicyclic amines) is 1. The first-order valence-electron chi connectivity index (χ1n) is 8.34. The lowest BCUT2D eigenvalue weighted by Crippen LogP contribution is -2.45. The summed E-state index contributed by atoms with van der Waals surface area (Å²) in [5, 5.41) is 11.0. The highest BCUT2D eigenvalue weighted by Gasteiger charge is 2.29. The van der Waals surface area contributed by atoms with E-state index in [-0.39, 0.29) is 12.1 Å². The second-order valence-corrected chi connectivity index (χ2v) is 6.17. The van der Waals surface area contributed by atoms with Gasteiger partial charge in [-0.15, -0.1) is 10.2 Å². The molecule has 1 aliphatic carbocycles. The van der Waals surface area contributed by atoms with Gasteiger partial charge in [0.15, 0.2) is 0 Å². The van der Waals surface area contributed by atoms with Gasteiger partial charge in [0.25, 0.3) is 0 Å². The molecule has 1 aromatic rings. The Morgan fingerprint density at radius 1 is 1.17 bits per heavy atom. The Bertz CT molecular complexity index is 517. The largest absolute Gasteiger partial charge is 0.480 e. The Morgan fingerprint density at radius 2 is 1.91 bits per heavy atom. The average Bonchev–Trinajstić information content (AvgIpc) is 3.05. The normalized spacial score (nSPS) is 22.0. The third-order valence-electron chi connectivity index (χ3n) is 4.48. The van der Waals surface area contributed by atoms with Crippen LogP contribution in [0.4, 0.5) is 4.79 Å². The molecule has 0 radical (unpaired) electrons. The average molecular weight is 320 g/mol. The van der Waals surface area contributed by atoms with Gasteiger partial charge < -0.3 is 19.7 Å². The highest BCUT2D eigenvalue weighted by molar-refractivity contribution is 5.74. The summed E-state index contributed by atoms with van der Waals surface area (Å²) in [7, 11) is 1.55. The van der Waals surface area contributed by atoms with Gasteiger partial charge in [0.1, 0.15) is 6.10 Å². The maximum atomic E-state index is 12.3. The first kappa shape index (κ1) is 15.8. The highest BCUT2D eigenvalue weighted by atomic mass is 16.5. The van der Waals surface area contributed by atoms with Gasteiger partial charge in [0.05, 0.1) is 13.7 Å². The summed E-state index contributed by atoms with van der Waals surface area (Å²) in [5.74, 6) is 0.919. The van der Waals surface area contributed by atoms with Crippen molar-refractivity contribution in [2.45, 2.75) is 50.7 Å². The summed E-state index contributed by atoms with van der Waals surface area (Å²) in [6.07, 6.45) is 6.69. The van der Waals surface area contributed by atoms with Crippen LogP contribution in [0.15, 0.2) is 12.1 Å². The van der Waals surface area contributed by atoms with E-state index in [9.17, 15) is 4.79 Å². The molecule has 3 rings (SSSR count). The zero-order valence-corrected chi connectivity index (χ0v) is 13.5. The molecule has 1 atom stereocenters. The Balaban J connectivity index is 1.46. The number of amides is 2. The van der Waals surface area contributed by atoms with Crippen molar-refractivity contribution in [3.05, 3.63) is 12.1 Å². The number of aromatic nitrogens is 2. The molecule has 2 aliphatic rings. The van der Waals surface area contributed by atoms with Crippen molar-refractivity contribution < 1.29 is 14.3 Å². The van der Waals surface area contributed by atoms with Crippen LogP contribution in [0, 0.1) is 0 Å². The number of carbonyl (C=O) groups is 1. The minimum absolute atomic E-state index is 0.0313. The summed E-state index contributed by atoms with van der Waals surface area (Å²) in [6, 6.07) is 3.81. The molecule has 0 spiro atoms. The summed E-state index contributed by atoms with van der Waals surface area (Å²) in [5.41, 5.74) is 0. The van der Waals surface area contributed by atoms with Crippen molar-refractivity contribution in [1.82, 2.24) is 20.4 Å². The Hall–Kier alpha value is -2.05. The van der Waals surface area contributed by atoms with Crippen molar-refractivity contribution in [2.75, 3.05) is 20.2 Å². The standard InChI is InChI=1S/C16H24N4O3/c1-22-14-7-8-15(19-18-14)23-13-9-10-20(11-13)16(21)17-12-5-3-2-4-6-12/h7-8,12-13H,2-6,9-11H2,1H3,(H,17,21). The molecule has 2 amide bonds. The summed E-state index contributed by atoms with van der Waals surface area (Å²) in [4.78, 5) is 14.1. The molecule has 7 nitrogen and oxygen atoms in total. The van der Waals surface area contributed by atoms with Crippen LogP contribution in [0.2, 0.25) is 0 Å². The number of ether oxygens (including phenoxy) is 2.